The van der Waals surface area contributed by atoms with Gasteiger partial charge in [0, 0.05) is 25.9 Å². The predicted octanol–water partition coefficient (Wildman–Crippen LogP) is 0.765. The van der Waals surface area contributed by atoms with E-state index in [-0.39, 0.29) is 5.91 Å². The lowest BCUT2D eigenvalue weighted by Crippen LogP contribution is -2.37. The average molecular weight is 152 g/mol. The Kier molecular flexibility index (Phi) is 1.72. The Bertz CT molecular complexity index is 242. The highest BCUT2D eigenvalue weighted by Crippen LogP contribution is 2.16. The van der Waals surface area contributed by atoms with Crippen molar-refractivity contribution in [3.8, 4) is 0 Å². The van der Waals surface area contributed by atoms with Crippen molar-refractivity contribution in [3.05, 3.63) is 24.2 Å². The normalized spacial score (nSPS) is 19.0. The van der Waals surface area contributed by atoms with Gasteiger partial charge >= 0.3 is 0 Å². The molecule has 0 saturated heterocycles. The molecule has 0 aromatic carbocycles. The molecule has 0 N–H and O–H groups in total. The molecular formula is C8H12N2O. The van der Waals surface area contributed by atoms with Crippen molar-refractivity contribution in [2.24, 2.45) is 0 Å². The number of likely N-dealkylation sites (N-methyl/N-ethyl adjacent to an activating group) is 1. The number of nitrogens with zero attached hydrogens (tertiary/aromatic N) is 2. The lowest BCUT2D eigenvalue weighted by atomic mass is 10.3. The average Bonchev–Trinajstić information content (AvgIpc) is 1.97. The maximum atomic E-state index is 11.1. The summed E-state index contributed by atoms with van der Waals surface area (Å²) in [4.78, 5) is 14.5. The Morgan fingerprint density at radius 3 is 2.45 bits per heavy atom. The first kappa shape index (κ1) is 7.85. The van der Waals surface area contributed by atoms with Gasteiger partial charge in [0.15, 0.2) is 0 Å². The first-order valence-electron chi connectivity index (χ1n) is 3.42. The van der Waals surface area contributed by atoms with Gasteiger partial charge in [0.2, 0.25) is 0 Å². The highest BCUT2D eigenvalue weighted by molar-refractivity contribution is 5.90. The third-order valence-corrected chi connectivity index (χ3v) is 1.97. The van der Waals surface area contributed by atoms with Gasteiger partial charge in [-0.25, -0.2) is 0 Å². The van der Waals surface area contributed by atoms with Crippen LogP contribution < -0.4 is 0 Å². The summed E-state index contributed by atoms with van der Waals surface area (Å²) in [6, 6.07) is 0. The van der Waals surface area contributed by atoms with E-state index in [1.807, 2.05) is 18.9 Å². The molecule has 1 aliphatic heterocycles. The van der Waals surface area contributed by atoms with Crippen molar-refractivity contribution in [1.82, 2.24) is 9.80 Å². The van der Waals surface area contributed by atoms with Crippen LogP contribution in [0, 0.1) is 0 Å². The monoisotopic (exact) mass is 152 g/mol. The molecule has 1 rings (SSSR count). The zero-order valence-corrected chi connectivity index (χ0v) is 7.09. The van der Waals surface area contributed by atoms with Gasteiger partial charge in [0.05, 0.1) is 0 Å². The SMILES string of the molecule is C=C1N(C)C(=O)C=C(C)N1C. The molecule has 0 aromatic heterocycles. The zero-order chi connectivity index (χ0) is 8.59. The standard InChI is InChI=1S/C8H12N2O/c1-6-5-8(11)10(4)7(2)9(6)3/h5H,2H2,1,3-4H3. The van der Waals surface area contributed by atoms with Gasteiger partial charge in [-0.1, -0.05) is 6.58 Å². The molecule has 1 aliphatic rings. The Labute approximate surface area is 66.6 Å². The number of carbonyl (C=O) groups is 1. The fourth-order valence-corrected chi connectivity index (χ4v) is 0.928. The van der Waals surface area contributed by atoms with Crippen molar-refractivity contribution >= 4 is 5.91 Å². The first-order valence-corrected chi connectivity index (χ1v) is 3.42. The minimum atomic E-state index is -0.00870. The number of hydrogen-bond acceptors (Lipinski definition) is 2. The largest absolute Gasteiger partial charge is 0.335 e. The molecule has 0 aliphatic carbocycles. The summed E-state index contributed by atoms with van der Waals surface area (Å²) in [5.41, 5.74) is 0.929. The van der Waals surface area contributed by atoms with Crippen molar-refractivity contribution in [2.75, 3.05) is 14.1 Å². The van der Waals surface area contributed by atoms with Crippen molar-refractivity contribution in [3.63, 3.8) is 0 Å². The van der Waals surface area contributed by atoms with E-state index in [4.69, 9.17) is 0 Å². The molecule has 3 heteroatoms. The lowest BCUT2D eigenvalue weighted by molar-refractivity contribution is -0.124. The molecule has 3 nitrogen and oxygen atoms in total. The summed E-state index contributed by atoms with van der Waals surface area (Å²) in [5, 5.41) is 0. The summed E-state index contributed by atoms with van der Waals surface area (Å²) in [5.74, 6) is 0.709. The molecule has 0 atom stereocenters. The summed E-state index contributed by atoms with van der Waals surface area (Å²) < 4.78 is 0. The van der Waals surface area contributed by atoms with Gasteiger partial charge in [-0.2, -0.15) is 0 Å². The van der Waals surface area contributed by atoms with E-state index in [0.29, 0.717) is 0 Å². The second-order valence-electron chi connectivity index (χ2n) is 2.66. The van der Waals surface area contributed by atoms with E-state index in [0.717, 1.165) is 11.5 Å². The van der Waals surface area contributed by atoms with Crippen molar-refractivity contribution in [1.29, 1.82) is 0 Å². The fourth-order valence-electron chi connectivity index (χ4n) is 0.928. The molecule has 0 fully saturated rings. The van der Waals surface area contributed by atoms with Gasteiger partial charge in [-0.15, -0.1) is 0 Å². The van der Waals surface area contributed by atoms with E-state index < -0.39 is 0 Å². The molecule has 1 amide bonds. The van der Waals surface area contributed by atoms with Gasteiger partial charge in [0.25, 0.3) is 5.91 Å². The number of hydrogen-bond donors (Lipinski definition) is 0. The summed E-state index contributed by atoms with van der Waals surface area (Å²) in [6.07, 6.45) is 1.59. The second-order valence-corrected chi connectivity index (χ2v) is 2.66. The predicted molar refractivity (Wildman–Crippen MR) is 43.4 cm³/mol. The first-order chi connectivity index (χ1) is 5.04. The zero-order valence-electron chi connectivity index (χ0n) is 7.09. The van der Waals surface area contributed by atoms with Gasteiger partial charge in [-0.05, 0) is 6.92 Å². The highest BCUT2D eigenvalue weighted by atomic mass is 16.2. The lowest BCUT2D eigenvalue weighted by Gasteiger charge is -2.32. The van der Waals surface area contributed by atoms with E-state index in [9.17, 15) is 4.79 Å². The minimum Gasteiger partial charge on any atom is -0.335 e. The molecule has 0 radical (unpaired) electrons. The van der Waals surface area contributed by atoms with E-state index in [1.54, 1.807) is 13.1 Å². The Morgan fingerprint density at radius 1 is 1.36 bits per heavy atom. The molecule has 60 valence electrons. The van der Waals surface area contributed by atoms with Crippen molar-refractivity contribution in [2.45, 2.75) is 6.92 Å². The quantitative estimate of drug-likeness (QED) is 0.511. The molecular weight excluding hydrogens is 140 g/mol. The molecule has 0 aromatic rings. The molecule has 0 saturated carbocycles. The van der Waals surface area contributed by atoms with Crippen LogP contribution in [0.5, 0.6) is 0 Å². The highest BCUT2D eigenvalue weighted by Gasteiger charge is 2.19. The number of amides is 1. The maximum absolute atomic E-state index is 11.1. The van der Waals surface area contributed by atoms with Crippen molar-refractivity contribution < 1.29 is 4.79 Å². The van der Waals surface area contributed by atoms with E-state index in [2.05, 4.69) is 6.58 Å². The van der Waals surface area contributed by atoms with E-state index >= 15 is 0 Å². The third-order valence-electron chi connectivity index (χ3n) is 1.97. The molecule has 0 unspecified atom stereocenters. The number of rotatable bonds is 0. The smallest absolute Gasteiger partial charge is 0.253 e. The van der Waals surface area contributed by atoms with Crippen LogP contribution >= 0.6 is 0 Å². The van der Waals surface area contributed by atoms with E-state index in [1.165, 1.54) is 4.90 Å². The topological polar surface area (TPSA) is 23.6 Å². The minimum absolute atomic E-state index is 0.00870. The van der Waals surface area contributed by atoms with Crippen LogP contribution in [-0.4, -0.2) is 29.8 Å². The maximum Gasteiger partial charge on any atom is 0.253 e. The van der Waals surface area contributed by atoms with Crippen LogP contribution in [0.15, 0.2) is 24.2 Å². The van der Waals surface area contributed by atoms with Gasteiger partial charge in [-0.3, -0.25) is 9.69 Å². The molecule has 0 spiro atoms. The second kappa shape index (κ2) is 2.42. The summed E-state index contributed by atoms with van der Waals surface area (Å²) in [7, 11) is 3.60. The van der Waals surface area contributed by atoms with Crippen LogP contribution in [0.25, 0.3) is 0 Å². The van der Waals surface area contributed by atoms with Gasteiger partial charge in [0.1, 0.15) is 5.82 Å². The summed E-state index contributed by atoms with van der Waals surface area (Å²) in [6.45, 7) is 5.65. The Morgan fingerprint density at radius 2 is 1.91 bits per heavy atom. The molecule has 0 bridgehead atoms. The van der Waals surface area contributed by atoms with Crippen LogP contribution in [-0.2, 0) is 4.79 Å². The Hall–Kier alpha value is -1.25. The molecule has 11 heavy (non-hydrogen) atoms. The van der Waals surface area contributed by atoms with Crippen LogP contribution in [0.1, 0.15) is 6.92 Å². The number of allylic oxidation sites excluding steroid dienone is 1. The van der Waals surface area contributed by atoms with Crippen LogP contribution in [0.3, 0.4) is 0 Å². The third kappa shape index (κ3) is 1.13. The molecule has 1 heterocycles. The summed E-state index contributed by atoms with van der Waals surface area (Å²) >= 11 is 0. The van der Waals surface area contributed by atoms with Crippen LogP contribution in [0.2, 0.25) is 0 Å². The fraction of sp³-hybridized carbons (Fsp3) is 0.375. The Balaban J connectivity index is 3.01. The van der Waals surface area contributed by atoms with Gasteiger partial charge < -0.3 is 4.90 Å². The number of carbonyl (C=O) groups excluding carboxylic acids is 1. The van der Waals surface area contributed by atoms with Crippen LogP contribution in [0.4, 0.5) is 0 Å².